The van der Waals surface area contributed by atoms with Crippen molar-refractivity contribution in [1.29, 1.82) is 0 Å². The lowest BCUT2D eigenvalue weighted by atomic mass is 10.2. The van der Waals surface area contributed by atoms with Crippen molar-refractivity contribution in [2.24, 2.45) is 0 Å². The number of rotatable bonds is 3. The highest BCUT2D eigenvalue weighted by Gasteiger charge is 2.33. The van der Waals surface area contributed by atoms with Crippen LogP contribution in [0.2, 0.25) is 0 Å². The Labute approximate surface area is 110 Å². The fraction of sp³-hybridized carbons (Fsp3) is 0.167. The largest absolute Gasteiger partial charge is 0.433 e. The Kier molecular flexibility index (Phi) is 3.73. The highest BCUT2D eigenvalue weighted by atomic mass is 19.4. The van der Waals surface area contributed by atoms with E-state index >= 15 is 0 Å². The summed E-state index contributed by atoms with van der Waals surface area (Å²) in [5, 5.41) is 2.54. The molecule has 0 aliphatic rings. The molecular weight excluding hydrogens is 278 g/mol. The van der Waals surface area contributed by atoms with Crippen molar-refractivity contribution in [3.63, 3.8) is 0 Å². The maximum absolute atomic E-state index is 12.7. The van der Waals surface area contributed by atoms with Crippen molar-refractivity contribution in [2.75, 3.05) is 5.32 Å². The topological polar surface area (TPSA) is 57.8 Å². The third kappa shape index (κ3) is 3.56. The Morgan fingerprint density at radius 3 is 2.45 bits per heavy atom. The summed E-state index contributed by atoms with van der Waals surface area (Å²) in [5.74, 6) is -0.714. The van der Waals surface area contributed by atoms with E-state index in [4.69, 9.17) is 0 Å². The van der Waals surface area contributed by atoms with E-state index in [1.165, 1.54) is 24.3 Å². The van der Waals surface area contributed by atoms with Crippen LogP contribution in [-0.4, -0.2) is 9.97 Å². The number of anilines is 1. The number of nitrogens with one attached hydrogen (secondary N) is 2. The summed E-state index contributed by atoms with van der Waals surface area (Å²) in [6.45, 7) is 0.102. The lowest BCUT2D eigenvalue weighted by molar-refractivity contribution is -0.141. The highest BCUT2D eigenvalue weighted by Crippen LogP contribution is 2.26. The monoisotopic (exact) mass is 287 g/mol. The molecule has 20 heavy (non-hydrogen) atoms. The number of H-pyrrole nitrogens is 1. The summed E-state index contributed by atoms with van der Waals surface area (Å²) in [6, 6.07) is 5.75. The number of hydrogen-bond acceptors (Lipinski definition) is 3. The smallest absolute Gasteiger partial charge is 0.352 e. The molecule has 0 saturated carbocycles. The minimum Gasteiger partial charge on any atom is -0.352 e. The number of halogens is 4. The molecule has 0 spiro atoms. The van der Waals surface area contributed by atoms with Crippen LogP contribution in [0, 0.1) is 5.82 Å². The first-order valence-corrected chi connectivity index (χ1v) is 5.51. The van der Waals surface area contributed by atoms with Gasteiger partial charge in [-0.3, -0.25) is 9.78 Å². The molecule has 0 aliphatic heterocycles. The summed E-state index contributed by atoms with van der Waals surface area (Å²) >= 11 is 0. The molecule has 0 bridgehead atoms. The van der Waals surface area contributed by atoms with E-state index in [1.54, 1.807) is 0 Å². The normalized spacial score (nSPS) is 11.4. The summed E-state index contributed by atoms with van der Waals surface area (Å²) < 4.78 is 50.1. The van der Waals surface area contributed by atoms with E-state index in [0.717, 1.165) is 0 Å². The molecule has 2 N–H and O–H groups in total. The molecule has 2 aromatic rings. The van der Waals surface area contributed by atoms with E-state index < -0.39 is 23.2 Å². The van der Waals surface area contributed by atoms with Crippen LogP contribution in [0.3, 0.4) is 0 Å². The number of aromatic amines is 1. The first kappa shape index (κ1) is 14.0. The number of alkyl halides is 3. The van der Waals surface area contributed by atoms with E-state index in [9.17, 15) is 22.4 Å². The predicted octanol–water partition coefficient (Wildman–Crippen LogP) is 2.54. The molecule has 0 amide bonds. The van der Waals surface area contributed by atoms with Gasteiger partial charge in [0.05, 0.1) is 0 Å². The second kappa shape index (κ2) is 5.32. The Morgan fingerprint density at radius 2 is 1.85 bits per heavy atom. The van der Waals surface area contributed by atoms with Crippen LogP contribution in [0.15, 0.2) is 35.1 Å². The predicted molar refractivity (Wildman–Crippen MR) is 63.6 cm³/mol. The standard InChI is InChI=1S/C12H9F4N3O/c13-8-3-1-7(2-4-8)6-17-11-18-9(12(14,15)16)5-10(20)19-11/h1-5H,6H2,(H2,17,18,19,20). The Hall–Kier alpha value is -2.38. The molecule has 8 heteroatoms. The first-order chi connectivity index (χ1) is 9.34. The van der Waals surface area contributed by atoms with E-state index in [1.807, 2.05) is 0 Å². The van der Waals surface area contributed by atoms with Gasteiger partial charge in [0, 0.05) is 12.6 Å². The fourth-order valence-electron chi connectivity index (χ4n) is 1.47. The number of hydrogen-bond donors (Lipinski definition) is 2. The molecule has 0 atom stereocenters. The average molecular weight is 287 g/mol. The van der Waals surface area contributed by atoms with Gasteiger partial charge in [-0.1, -0.05) is 12.1 Å². The molecule has 106 valence electrons. The molecule has 1 aromatic heterocycles. The van der Waals surface area contributed by atoms with E-state index in [0.29, 0.717) is 11.6 Å². The number of benzene rings is 1. The molecule has 1 aromatic carbocycles. The maximum atomic E-state index is 12.7. The SMILES string of the molecule is O=c1cc(C(F)(F)F)nc(NCc2ccc(F)cc2)[nH]1. The van der Waals surface area contributed by atoms with Gasteiger partial charge in [0.2, 0.25) is 5.95 Å². The molecule has 0 radical (unpaired) electrons. The van der Waals surface area contributed by atoms with Crippen molar-refractivity contribution in [1.82, 2.24) is 9.97 Å². The van der Waals surface area contributed by atoms with Gasteiger partial charge in [0.1, 0.15) is 5.82 Å². The number of nitrogens with zero attached hydrogens (tertiary/aromatic N) is 1. The van der Waals surface area contributed by atoms with Gasteiger partial charge < -0.3 is 5.32 Å². The minimum absolute atomic E-state index is 0.102. The maximum Gasteiger partial charge on any atom is 0.433 e. The average Bonchev–Trinajstić information content (AvgIpc) is 2.36. The number of aromatic nitrogens is 2. The van der Waals surface area contributed by atoms with Crippen LogP contribution in [0.4, 0.5) is 23.5 Å². The van der Waals surface area contributed by atoms with Crippen LogP contribution in [0.25, 0.3) is 0 Å². The van der Waals surface area contributed by atoms with Gasteiger partial charge in [-0.2, -0.15) is 13.2 Å². The van der Waals surface area contributed by atoms with Crippen molar-refractivity contribution in [3.05, 3.63) is 57.8 Å². The van der Waals surface area contributed by atoms with Crippen LogP contribution >= 0.6 is 0 Å². The van der Waals surface area contributed by atoms with Crippen LogP contribution < -0.4 is 10.9 Å². The second-order valence-corrected chi connectivity index (χ2v) is 3.96. The van der Waals surface area contributed by atoms with Crippen LogP contribution in [-0.2, 0) is 12.7 Å². The molecular formula is C12H9F4N3O. The molecule has 1 heterocycles. The van der Waals surface area contributed by atoms with E-state index in [2.05, 4.69) is 15.3 Å². The lowest BCUT2D eigenvalue weighted by Gasteiger charge is -2.09. The van der Waals surface area contributed by atoms with Gasteiger partial charge >= 0.3 is 6.18 Å². The summed E-state index contributed by atoms with van der Waals surface area (Å²) in [7, 11) is 0. The van der Waals surface area contributed by atoms with Crippen LogP contribution in [0.1, 0.15) is 11.3 Å². The zero-order valence-electron chi connectivity index (χ0n) is 9.96. The lowest BCUT2D eigenvalue weighted by Crippen LogP contribution is -2.18. The third-order valence-electron chi connectivity index (χ3n) is 2.41. The zero-order chi connectivity index (χ0) is 14.8. The van der Waals surface area contributed by atoms with Crippen molar-refractivity contribution >= 4 is 5.95 Å². The van der Waals surface area contributed by atoms with E-state index in [-0.39, 0.29) is 12.5 Å². The zero-order valence-corrected chi connectivity index (χ0v) is 9.96. The fourth-order valence-corrected chi connectivity index (χ4v) is 1.47. The molecule has 0 saturated heterocycles. The highest BCUT2D eigenvalue weighted by molar-refractivity contribution is 5.29. The van der Waals surface area contributed by atoms with Gasteiger partial charge in [-0.25, -0.2) is 9.37 Å². The molecule has 0 aliphatic carbocycles. The second-order valence-electron chi connectivity index (χ2n) is 3.96. The molecule has 2 rings (SSSR count). The van der Waals surface area contributed by atoms with Gasteiger partial charge in [0.15, 0.2) is 5.69 Å². The Balaban J connectivity index is 2.15. The third-order valence-corrected chi connectivity index (χ3v) is 2.41. The van der Waals surface area contributed by atoms with Gasteiger partial charge in [0.25, 0.3) is 5.56 Å². The molecule has 0 unspecified atom stereocenters. The minimum atomic E-state index is -4.69. The summed E-state index contributed by atoms with van der Waals surface area (Å²) in [5.41, 5.74) is -1.55. The van der Waals surface area contributed by atoms with Crippen LogP contribution in [0.5, 0.6) is 0 Å². The van der Waals surface area contributed by atoms with Gasteiger partial charge in [-0.15, -0.1) is 0 Å². The summed E-state index contributed by atoms with van der Waals surface area (Å²) in [6.07, 6.45) is -4.69. The molecule has 4 nitrogen and oxygen atoms in total. The summed E-state index contributed by atoms with van der Waals surface area (Å²) in [4.78, 5) is 16.5. The Morgan fingerprint density at radius 1 is 1.20 bits per heavy atom. The molecule has 0 fully saturated rings. The van der Waals surface area contributed by atoms with Crippen molar-refractivity contribution in [3.8, 4) is 0 Å². The first-order valence-electron chi connectivity index (χ1n) is 5.51. The van der Waals surface area contributed by atoms with Crippen molar-refractivity contribution < 1.29 is 17.6 Å². The van der Waals surface area contributed by atoms with Crippen molar-refractivity contribution in [2.45, 2.75) is 12.7 Å². The Bertz CT molecular complexity index is 649. The quantitative estimate of drug-likeness (QED) is 0.853. The van der Waals surface area contributed by atoms with Gasteiger partial charge in [-0.05, 0) is 17.7 Å².